The van der Waals surface area contributed by atoms with Crippen LogP contribution in [-0.4, -0.2) is 0 Å². The first-order valence-corrected chi connectivity index (χ1v) is 46.4. The molecule has 654 valence electrons. The summed E-state index contributed by atoms with van der Waals surface area (Å²) < 4.78 is 32.8. The summed E-state index contributed by atoms with van der Waals surface area (Å²) in [5.41, 5.74) is 32.6. The van der Waals surface area contributed by atoms with Gasteiger partial charge in [0.05, 0.1) is 56.9 Å². The second kappa shape index (κ2) is 35.1. The highest BCUT2D eigenvalue weighted by molar-refractivity contribution is 5.96. The molecule has 0 aromatic heterocycles. The minimum atomic E-state index is 0.804. The highest BCUT2D eigenvalue weighted by atomic mass is 16.5. The van der Waals surface area contributed by atoms with Gasteiger partial charge in [0.2, 0.25) is 0 Å². The average Bonchev–Trinajstić information content (AvgIpc) is 0.770. The van der Waals surface area contributed by atoms with Crippen LogP contribution in [0.4, 0.5) is 119 Å². The van der Waals surface area contributed by atoms with E-state index in [9.17, 15) is 0 Å². The Labute approximate surface area is 800 Å². The van der Waals surface area contributed by atoms with Crippen LogP contribution in [-0.2, 0) is 0 Å². The number of anilines is 21. The smallest absolute Gasteiger partial charge is 0.152 e. The molecule has 0 aliphatic carbocycles. The van der Waals surface area contributed by atoms with Gasteiger partial charge in [0.1, 0.15) is 0 Å². The van der Waals surface area contributed by atoms with Gasteiger partial charge < -0.3 is 58.0 Å². The van der Waals surface area contributed by atoms with E-state index >= 15 is 0 Å². The molecule has 0 amide bonds. The Bertz CT molecular complexity index is 7740. The van der Waals surface area contributed by atoms with Crippen LogP contribution in [0, 0.1) is 0 Å². The largest absolute Gasteiger partial charge is 0.453 e. The van der Waals surface area contributed by atoms with Crippen molar-refractivity contribution in [2.45, 2.75) is 0 Å². The molecule has 21 aromatic rings. The number of benzene rings is 21. The number of fused-ring (bicyclic) bond motifs is 10. The quantitative estimate of drug-likeness (QED) is 0.0925. The SMILES string of the molecule is c1ccc(N(c2ccc(-c3ccc4c(c3)Oc3ccccc3N4c3ccccc3)cc2)c2ccc(-c3ccc4c(c3)Oc3ccccc3N4c3ccccc3)cc2)cc1.c1ccc(N2c3ccccc3Oc3cc(-c4ccc(N(c5ccc(-c6ccc7c(c6)Oc6ccccc6N7c6ccccc6)cc5)c5ccc(-c6ccc7c(c6)N(c6ccccc6)c6ccccc6O7)cc5)cc4)ccc32)cc1. The van der Waals surface area contributed by atoms with Crippen LogP contribution < -0.4 is 58.0 Å². The molecular formula is C126H85N7O5. The Morgan fingerprint density at radius 2 is 0.283 bits per heavy atom. The van der Waals surface area contributed by atoms with Gasteiger partial charge in [-0.15, -0.1) is 0 Å². The van der Waals surface area contributed by atoms with Crippen molar-refractivity contribution in [3.8, 4) is 113 Å². The van der Waals surface area contributed by atoms with Crippen molar-refractivity contribution in [3.63, 3.8) is 0 Å². The van der Waals surface area contributed by atoms with Gasteiger partial charge in [0.25, 0.3) is 0 Å². The highest BCUT2D eigenvalue weighted by Crippen LogP contribution is 2.59. The average molecular weight is 1780 g/mol. The lowest BCUT2D eigenvalue weighted by Gasteiger charge is -2.33. The molecule has 0 fully saturated rings. The van der Waals surface area contributed by atoms with Crippen LogP contribution in [0.1, 0.15) is 0 Å². The predicted molar refractivity (Wildman–Crippen MR) is 563 cm³/mol. The lowest BCUT2D eigenvalue weighted by Crippen LogP contribution is -2.15. The first kappa shape index (κ1) is 81.2. The van der Waals surface area contributed by atoms with Crippen LogP contribution in [0.2, 0.25) is 0 Å². The van der Waals surface area contributed by atoms with Gasteiger partial charge >= 0.3 is 0 Å². The number of para-hydroxylation sites is 16. The van der Waals surface area contributed by atoms with Gasteiger partial charge in [-0.1, -0.05) is 261 Å². The van der Waals surface area contributed by atoms with Crippen molar-refractivity contribution in [1.82, 2.24) is 0 Å². The summed E-state index contributed by atoms with van der Waals surface area (Å²) >= 11 is 0. The standard InChI is InChI=1S/C72H48N4O3.C54H37N3O2/c1-4-16-55(17-5-1)74-61-22-10-14-26-68(61)78-71-47-53(34-43-64(71)74)50-30-39-59(40-31-50)73(58-37-28-49(29-38-58)52-36-45-70-66(46-52)76(57-20-8-3-9-21-57)63-24-12-13-25-67(63)77-70)60-41-32-51(33-42-60)54-35-44-65-72(48-54)79-69-27-15-11-23-62(69)75(65)56-18-6-2-7-19-56;1-4-14-42(15-5-1)55(45-30-24-38(25-31-45)40-28-34-49-53(36-40)58-51-22-12-10-20-47(51)56(49)43-16-6-2-7-17-43)46-32-26-39(27-33-46)41-29-35-50-54(37-41)59-52-23-13-11-21-48(52)57(50)44-18-8-3-9-19-44/h1-48H;1-37H. The third-order valence-corrected chi connectivity index (χ3v) is 26.0. The third-order valence-electron chi connectivity index (χ3n) is 26.0. The van der Waals surface area contributed by atoms with Crippen LogP contribution in [0.3, 0.4) is 0 Å². The second-order valence-electron chi connectivity index (χ2n) is 34.4. The van der Waals surface area contributed by atoms with E-state index in [-0.39, 0.29) is 0 Å². The molecule has 138 heavy (non-hydrogen) atoms. The molecule has 5 heterocycles. The van der Waals surface area contributed by atoms with Crippen molar-refractivity contribution in [1.29, 1.82) is 0 Å². The van der Waals surface area contributed by atoms with Crippen molar-refractivity contribution >= 4 is 119 Å². The Balaban J connectivity index is 0.000000153. The first-order valence-electron chi connectivity index (χ1n) is 46.4. The molecule has 12 nitrogen and oxygen atoms in total. The lowest BCUT2D eigenvalue weighted by atomic mass is 10.0. The number of hydrogen-bond acceptors (Lipinski definition) is 12. The molecule has 0 bridgehead atoms. The topological polar surface area (TPSA) is 68.8 Å². The highest BCUT2D eigenvalue weighted by Gasteiger charge is 2.34. The van der Waals surface area contributed by atoms with Gasteiger partial charge in [0.15, 0.2) is 57.5 Å². The molecule has 0 spiro atoms. The number of ether oxygens (including phenoxy) is 5. The van der Waals surface area contributed by atoms with Crippen molar-refractivity contribution < 1.29 is 23.7 Å². The molecule has 0 N–H and O–H groups in total. The number of hydrogen-bond donors (Lipinski definition) is 0. The second-order valence-corrected chi connectivity index (χ2v) is 34.4. The molecule has 26 rings (SSSR count). The Morgan fingerprint density at radius 3 is 0.529 bits per heavy atom. The summed E-state index contributed by atoms with van der Waals surface area (Å²) in [5.74, 6) is 8.20. The maximum Gasteiger partial charge on any atom is 0.152 e. The Morgan fingerprint density at radius 1 is 0.116 bits per heavy atom. The molecule has 0 radical (unpaired) electrons. The zero-order valence-corrected chi connectivity index (χ0v) is 74.7. The van der Waals surface area contributed by atoms with E-state index in [1.54, 1.807) is 0 Å². The normalized spacial score (nSPS) is 12.4. The zero-order chi connectivity index (χ0) is 91.4. The van der Waals surface area contributed by atoms with Gasteiger partial charge in [-0.2, -0.15) is 0 Å². The van der Waals surface area contributed by atoms with Crippen LogP contribution in [0.25, 0.3) is 55.6 Å². The first-order chi connectivity index (χ1) is 68.4. The molecule has 5 aliphatic rings. The van der Waals surface area contributed by atoms with E-state index in [4.69, 9.17) is 23.7 Å². The zero-order valence-electron chi connectivity index (χ0n) is 74.7. The molecule has 0 saturated heterocycles. The number of rotatable bonds is 16. The molecule has 0 unspecified atom stereocenters. The number of nitrogens with zero attached hydrogens (tertiary/aromatic N) is 7. The molecule has 12 heteroatoms. The molecule has 21 aromatic carbocycles. The van der Waals surface area contributed by atoms with E-state index in [0.29, 0.717) is 0 Å². The van der Waals surface area contributed by atoms with Crippen molar-refractivity contribution in [2.24, 2.45) is 0 Å². The van der Waals surface area contributed by atoms with Crippen molar-refractivity contribution in [2.75, 3.05) is 34.3 Å². The van der Waals surface area contributed by atoms with E-state index in [1.807, 2.05) is 91.0 Å². The van der Waals surface area contributed by atoms with E-state index in [1.165, 1.54) is 0 Å². The van der Waals surface area contributed by atoms with Gasteiger partial charge in [-0.3, -0.25) is 0 Å². The lowest BCUT2D eigenvalue weighted by molar-refractivity contribution is 0.477. The molecule has 5 aliphatic heterocycles. The summed E-state index contributed by atoms with van der Waals surface area (Å²) in [5, 5.41) is 0. The van der Waals surface area contributed by atoms with Crippen LogP contribution in [0.5, 0.6) is 57.5 Å². The minimum absolute atomic E-state index is 0.804. The van der Waals surface area contributed by atoms with Gasteiger partial charge in [-0.25, -0.2) is 0 Å². The molecule has 0 atom stereocenters. The summed E-state index contributed by atoms with van der Waals surface area (Å²) in [6.45, 7) is 0. The summed E-state index contributed by atoms with van der Waals surface area (Å²) in [7, 11) is 0. The third kappa shape index (κ3) is 15.2. The Kier molecular flexibility index (Phi) is 20.6. The monoisotopic (exact) mass is 1780 g/mol. The van der Waals surface area contributed by atoms with E-state index in [2.05, 4.69) is 459 Å². The van der Waals surface area contributed by atoms with E-state index < -0.39 is 0 Å². The fourth-order valence-electron chi connectivity index (χ4n) is 19.4. The molecule has 0 saturated carbocycles. The Hall–Kier alpha value is -18.8. The summed E-state index contributed by atoms with van der Waals surface area (Å²) in [4.78, 5) is 16.0. The van der Waals surface area contributed by atoms with Crippen LogP contribution >= 0.6 is 0 Å². The fourth-order valence-corrected chi connectivity index (χ4v) is 19.4. The predicted octanol–water partition coefficient (Wildman–Crippen LogP) is 36.5. The maximum absolute atomic E-state index is 6.62. The minimum Gasteiger partial charge on any atom is -0.453 e. The maximum atomic E-state index is 6.62. The van der Waals surface area contributed by atoms with Gasteiger partial charge in [0, 0.05) is 62.6 Å². The molecular weight excluding hydrogens is 1690 g/mol. The fraction of sp³-hybridized carbons (Fsp3) is 0. The summed E-state index contributed by atoms with van der Waals surface area (Å²) in [6, 6.07) is 180. The van der Waals surface area contributed by atoms with Crippen LogP contribution in [0.15, 0.2) is 516 Å². The van der Waals surface area contributed by atoms with Crippen molar-refractivity contribution in [3.05, 3.63) is 516 Å². The van der Waals surface area contributed by atoms with E-state index in [0.717, 1.165) is 233 Å². The summed E-state index contributed by atoms with van der Waals surface area (Å²) in [6.07, 6.45) is 0. The van der Waals surface area contributed by atoms with Gasteiger partial charge in [-0.05, 0) is 310 Å².